The van der Waals surface area contributed by atoms with Gasteiger partial charge in [-0.15, -0.1) is 0 Å². The predicted molar refractivity (Wildman–Crippen MR) is 116 cm³/mol. The lowest BCUT2D eigenvalue weighted by Crippen LogP contribution is -2.37. The SMILES string of the molecule is O=C(NC(C(=O)Nc1ccc(Br)cc1F)c1ccccc1)c1coc([C@@H]2CCCN2)n1. The highest BCUT2D eigenvalue weighted by Crippen LogP contribution is 2.24. The van der Waals surface area contributed by atoms with Crippen molar-refractivity contribution in [2.45, 2.75) is 24.9 Å². The molecule has 3 aromatic rings. The van der Waals surface area contributed by atoms with Gasteiger partial charge in [0.05, 0.1) is 11.7 Å². The Morgan fingerprint density at radius 1 is 1.23 bits per heavy atom. The highest BCUT2D eigenvalue weighted by atomic mass is 79.9. The Bertz CT molecular complexity index is 1080. The van der Waals surface area contributed by atoms with Crippen LogP contribution in [0.3, 0.4) is 0 Å². The minimum atomic E-state index is -1.05. The maximum Gasteiger partial charge on any atom is 0.274 e. The van der Waals surface area contributed by atoms with Crippen LogP contribution in [0.5, 0.6) is 0 Å². The standard InChI is InChI=1S/C22H20BrFN4O3/c23-14-8-9-16(15(24)11-14)26-21(30)19(13-5-2-1-3-6-13)28-20(29)18-12-31-22(27-18)17-7-4-10-25-17/h1-3,5-6,8-9,11-12,17,19,25H,4,7,10H2,(H,26,30)(H,28,29)/t17-,19?/m0/s1. The smallest absolute Gasteiger partial charge is 0.274 e. The number of anilines is 1. The van der Waals surface area contributed by atoms with Gasteiger partial charge in [-0.2, -0.15) is 0 Å². The van der Waals surface area contributed by atoms with Crippen molar-refractivity contribution in [1.29, 1.82) is 0 Å². The number of carbonyl (C=O) groups is 2. The third-order valence-corrected chi connectivity index (χ3v) is 5.47. The van der Waals surface area contributed by atoms with Crippen LogP contribution < -0.4 is 16.0 Å². The fourth-order valence-corrected chi connectivity index (χ4v) is 3.73. The van der Waals surface area contributed by atoms with Crippen molar-refractivity contribution in [3.05, 3.63) is 82.2 Å². The molecule has 1 fully saturated rings. The molecule has 1 saturated heterocycles. The molecule has 160 valence electrons. The first kappa shape index (κ1) is 21.2. The van der Waals surface area contributed by atoms with E-state index in [1.54, 1.807) is 36.4 Å². The fraction of sp³-hybridized carbons (Fsp3) is 0.227. The summed E-state index contributed by atoms with van der Waals surface area (Å²) in [6.45, 7) is 0.872. The van der Waals surface area contributed by atoms with Crippen molar-refractivity contribution >= 4 is 33.4 Å². The van der Waals surface area contributed by atoms with Crippen molar-refractivity contribution in [2.24, 2.45) is 0 Å². The Balaban J connectivity index is 1.54. The molecule has 3 N–H and O–H groups in total. The summed E-state index contributed by atoms with van der Waals surface area (Å²) in [6, 6.07) is 12.0. The number of carbonyl (C=O) groups excluding carboxylic acids is 2. The van der Waals surface area contributed by atoms with Crippen LogP contribution in [-0.4, -0.2) is 23.3 Å². The van der Waals surface area contributed by atoms with Crippen molar-refractivity contribution in [2.75, 3.05) is 11.9 Å². The second kappa shape index (κ2) is 9.40. The first-order valence-electron chi connectivity index (χ1n) is 9.82. The van der Waals surface area contributed by atoms with E-state index in [-0.39, 0.29) is 17.4 Å². The Morgan fingerprint density at radius 3 is 2.74 bits per heavy atom. The molecule has 4 rings (SSSR count). The molecule has 2 atom stereocenters. The van der Waals surface area contributed by atoms with Crippen molar-refractivity contribution < 1.29 is 18.4 Å². The summed E-state index contributed by atoms with van der Waals surface area (Å²) in [5.74, 6) is -1.29. The Kier molecular flexibility index (Phi) is 6.43. The largest absolute Gasteiger partial charge is 0.446 e. The van der Waals surface area contributed by atoms with Gasteiger partial charge in [0.25, 0.3) is 11.8 Å². The van der Waals surface area contributed by atoms with Crippen molar-refractivity contribution in [3.63, 3.8) is 0 Å². The van der Waals surface area contributed by atoms with E-state index in [2.05, 4.69) is 36.9 Å². The first-order valence-corrected chi connectivity index (χ1v) is 10.6. The number of nitrogens with zero attached hydrogens (tertiary/aromatic N) is 1. The van der Waals surface area contributed by atoms with Crippen LogP contribution in [0, 0.1) is 5.82 Å². The molecule has 0 bridgehead atoms. The molecule has 2 heterocycles. The first-order chi connectivity index (χ1) is 15.0. The summed E-state index contributed by atoms with van der Waals surface area (Å²) in [4.78, 5) is 30.1. The van der Waals surface area contributed by atoms with E-state index >= 15 is 0 Å². The molecule has 0 saturated carbocycles. The van der Waals surface area contributed by atoms with Crippen LogP contribution in [-0.2, 0) is 4.79 Å². The van der Waals surface area contributed by atoms with Crippen molar-refractivity contribution in [3.8, 4) is 0 Å². The number of benzene rings is 2. The monoisotopic (exact) mass is 486 g/mol. The average molecular weight is 487 g/mol. The zero-order chi connectivity index (χ0) is 21.8. The minimum absolute atomic E-state index is 0.0133. The molecule has 0 spiro atoms. The van der Waals surface area contributed by atoms with E-state index in [4.69, 9.17) is 4.42 Å². The van der Waals surface area contributed by atoms with Gasteiger partial charge < -0.3 is 20.4 Å². The minimum Gasteiger partial charge on any atom is -0.446 e. The normalized spacial score (nSPS) is 16.6. The third kappa shape index (κ3) is 5.00. The zero-order valence-electron chi connectivity index (χ0n) is 16.4. The number of hydrogen-bond acceptors (Lipinski definition) is 5. The van der Waals surface area contributed by atoms with E-state index in [1.165, 1.54) is 18.4 Å². The molecule has 1 aliphatic rings. The second-order valence-corrected chi connectivity index (χ2v) is 8.07. The summed E-state index contributed by atoms with van der Waals surface area (Å²) in [5.41, 5.74) is 0.638. The number of amides is 2. The van der Waals surface area contributed by atoms with Gasteiger partial charge in [-0.3, -0.25) is 9.59 Å². The number of halogens is 2. The summed E-state index contributed by atoms with van der Waals surface area (Å²) < 4.78 is 20.2. The van der Waals surface area contributed by atoms with Gasteiger partial charge in [-0.05, 0) is 43.1 Å². The van der Waals surface area contributed by atoms with E-state index in [0.717, 1.165) is 19.4 Å². The van der Waals surface area contributed by atoms with E-state index in [9.17, 15) is 14.0 Å². The van der Waals surface area contributed by atoms with Crippen LogP contribution in [0.4, 0.5) is 10.1 Å². The van der Waals surface area contributed by atoms with E-state index < -0.39 is 23.7 Å². The van der Waals surface area contributed by atoms with Gasteiger partial charge in [0.1, 0.15) is 18.1 Å². The van der Waals surface area contributed by atoms with Crippen LogP contribution in [0.25, 0.3) is 0 Å². The Hall–Kier alpha value is -3.04. The van der Waals surface area contributed by atoms with E-state index in [0.29, 0.717) is 15.9 Å². The van der Waals surface area contributed by atoms with Crippen LogP contribution in [0.15, 0.2) is 63.7 Å². The summed E-state index contributed by atoms with van der Waals surface area (Å²) in [5, 5.41) is 8.47. The molecule has 7 nitrogen and oxygen atoms in total. The number of aromatic nitrogens is 1. The molecular formula is C22H20BrFN4O3. The molecule has 1 aromatic heterocycles. The van der Waals surface area contributed by atoms with Gasteiger partial charge >= 0.3 is 0 Å². The number of oxazole rings is 1. The lowest BCUT2D eigenvalue weighted by atomic mass is 10.1. The second-order valence-electron chi connectivity index (χ2n) is 7.15. The summed E-state index contributed by atoms with van der Waals surface area (Å²) in [6.07, 6.45) is 3.17. The maximum absolute atomic E-state index is 14.2. The topological polar surface area (TPSA) is 96.3 Å². The van der Waals surface area contributed by atoms with Gasteiger partial charge in [-0.25, -0.2) is 9.37 Å². The highest BCUT2D eigenvalue weighted by molar-refractivity contribution is 9.10. The molecule has 0 radical (unpaired) electrons. The molecule has 1 unspecified atom stereocenters. The van der Waals surface area contributed by atoms with Gasteiger partial charge in [-0.1, -0.05) is 46.3 Å². The molecule has 2 aromatic carbocycles. The Labute approximate surface area is 186 Å². The van der Waals surface area contributed by atoms with Gasteiger partial charge in [0.15, 0.2) is 5.69 Å². The lowest BCUT2D eigenvalue weighted by molar-refractivity contribution is -0.118. The molecule has 1 aliphatic heterocycles. The highest BCUT2D eigenvalue weighted by Gasteiger charge is 2.27. The third-order valence-electron chi connectivity index (χ3n) is 4.97. The molecule has 9 heteroatoms. The van der Waals surface area contributed by atoms with Crippen LogP contribution in [0.2, 0.25) is 0 Å². The Morgan fingerprint density at radius 2 is 2.03 bits per heavy atom. The summed E-state index contributed by atoms with van der Waals surface area (Å²) in [7, 11) is 0. The predicted octanol–water partition coefficient (Wildman–Crippen LogP) is 4.11. The molecule has 2 amide bonds. The molecule has 31 heavy (non-hydrogen) atoms. The van der Waals surface area contributed by atoms with Gasteiger partial charge in [0.2, 0.25) is 5.89 Å². The summed E-state index contributed by atoms with van der Waals surface area (Å²) >= 11 is 3.18. The fourth-order valence-electron chi connectivity index (χ4n) is 3.39. The number of rotatable bonds is 6. The quantitative estimate of drug-likeness (QED) is 0.487. The van der Waals surface area contributed by atoms with Crippen molar-refractivity contribution in [1.82, 2.24) is 15.6 Å². The van der Waals surface area contributed by atoms with Gasteiger partial charge in [0, 0.05) is 4.47 Å². The zero-order valence-corrected chi connectivity index (χ0v) is 18.0. The van der Waals surface area contributed by atoms with E-state index in [1.807, 2.05) is 0 Å². The van der Waals surface area contributed by atoms with Crippen LogP contribution in [0.1, 0.15) is 46.9 Å². The van der Waals surface area contributed by atoms with Crippen LogP contribution >= 0.6 is 15.9 Å². The molecule has 0 aliphatic carbocycles. The molecular weight excluding hydrogens is 467 g/mol. The average Bonchev–Trinajstić information content (AvgIpc) is 3.46. The number of nitrogens with one attached hydrogen (secondary N) is 3. The lowest BCUT2D eigenvalue weighted by Gasteiger charge is -2.18. The maximum atomic E-state index is 14.2. The number of hydrogen-bond donors (Lipinski definition) is 3.